The fourth-order valence-electron chi connectivity index (χ4n) is 1.38. The first-order valence-corrected chi connectivity index (χ1v) is 6.35. The highest BCUT2D eigenvalue weighted by atomic mass is 16.5. The van der Waals surface area contributed by atoms with Gasteiger partial charge in [0.2, 0.25) is 0 Å². The molecule has 0 aliphatic heterocycles. The minimum absolute atomic E-state index is 0.0156. The molecule has 0 radical (unpaired) electrons. The highest BCUT2D eigenvalue weighted by molar-refractivity contribution is 5.64. The van der Waals surface area contributed by atoms with E-state index in [0.29, 0.717) is 13.1 Å². The van der Waals surface area contributed by atoms with E-state index < -0.39 is 6.09 Å². The van der Waals surface area contributed by atoms with Crippen molar-refractivity contribution < 1.29 is 14.6 Å². The Morgan fingerprint density at radius 1 is 1.11 bits per heavy atom. The summed E-state index contributed by atoms with van der Waals surface area (Å²) in [6, 6.07) is 0. The summed E-state index contributed by atoms with van der Waals surface area (Å²) in [6.07, 6.45) is 0.732. The lowest BCUT2D eigenvalue weighted by molar-refractivity contribution is -0.102. The fourth-order valence-corrected chi connectivity index (χ4v) is 1.38. The molecular weight excluding hydrogens is 232 g/mol. The van der Waals surface area contributed by atoms with E-state index in [2.05, 4.69) is 46.9 Å². The summed E-state index contributed by atoms with van der Waals surface area (Å²) in [5.74, 6) is 0. The van der Waals surface area contributed by atoms with E-state index in [1.54, 1.807) is 0 Å². The average molecular weight is 262 g/mol. The van der Waals surface area contributed by atoms with Gasteiger partial charge in [0.1, 0.15) is 0 Å². The molecule has 0 aromatic rings. The molecule has 0 aromatic heterocycles. The third kappa shape index (κ3) is 24.4. The van der Waals surface area contributed by atoms with Crippen molar-refractivity contribution in [2.24, 2.45) is 5.73 Å². The average Bonchev–Trinajstić information content (AvgIpc) is 2.07. The second-order valence-electron chi connectivity index (χ2n) is 6.05. The van der Waals surface area contributed by atoms with Crippen LogP contribution in [0.2, 0.25) is 0 Å². The van der Waals surface area contributed by atoms with Gasteiger partial charge in [0.05, 0.1) is 11.2 Å². The van der Waals surface area contributed by atoms with Crippen molar-refractivity contribution >= 4 is 6.09 Å². The number of carboxylic acid groups (broad SMARTS) is 1. The zero-order valence-corrected chi connectivity index (χ0v) is 12.7. The van der Waals surface area contributed by atoms with Crippen LogP contribution in [-0.4, -0.2) is 35.5 Å². The van der Waals surface area contributed by atoms with Gasteiger partial charge in [-0.15, -0.1) is 0 Å². The molecule has 0 rings (SSSR count). The Balaban J connectivity index is 0. The van der Waals surface area contributed by atoms with Crippen LogP contribution in [0.25, 0.3) is 0 Å². The number of hydrogen-bond acceptors (Lipinski definition) is 3. The van der Waals surface area contributed by atoms with Gasteiger partial charge in [-0.2, -0.15) is 0 Å². The summed E-state index contributed by atoms with van der Waals surface area (Å²) in [6.45, 7) is 13.5. The highest BCUT2D eigenvalue weighted by Crippen LogP contribution is 2.17. The largest absolute Gasteiger partial charge is 0.465 e. The molecule has 0 aliphatic rings. The second-order valence-corrected chi connectivity index (χ2v) is 6.05. The molecular formula is C13H30N2O3. The minimum atomic E-state index is -0.966. The van der Waals surface area contributed by atoms with E-state index in [0.717, 1.165) is 12.8 Å². The monoisotopic (exact) mass is 262 g/mol. The van der Waals surface area contributed by atoms with Crippen LogP contribution < -0.4 is 11.1 Å². The molecule has 0 aromatic carbocycles. The summed E-state index contributed by atoms with van der Waals surface area (Å²) in [5, 5.41) is 10.3. The van der Waals surface area contributed by atoms with Crippen LogP contribution in [-0.2, 0) is 4.74 Å². The second kappa shape index (κ2) is 9.16. The number of nitrogens with one attached hydrogen (secondary N) is 1. The lowest BCUT2D eigenvalue weighted by Gasteiger charge is -2.30. The molecule has 0 bridgehead atoms. The molecule has 18 heavy (non-hydrogen) atoms. The standard InChI is InChI=1S/C8H18O.C5H12N2O2/c1-7(2,3)9-8(4,5)6;6-3-1-2-4-7-5(8)9/h1-6H3;7H,1-4,6H2,(H,8,9). The maximum Gasteiger partial charge on any atom is 0.404 e. The van der Waals surface area contributed by atoms with Gasteiger partial charge in [0.15, 0.2) is 0 Å². The molecule has 110 valence electrons. The van der Waals surface area contributed by atoms with Crippen LogP contribution in [0.5, 0.6) is 0 Å². The SMILES string of the molecule is CC(C)(C)OC(C)(C)C.NCCCCNC(=O)O. The lowest BCUT2D eigenvalue weighted by atomic mass is 10.1. The molecule has 0 heterocycles. The zero-order chi connectivity index (χ0) is 14.8. The fraction of sp³-hybridized carbons (Fsp3) is 0.923. The first-order chi connectivity index (χ1) is 7.98. The van der Waals surface area contributed by atoms with Crippen LogP contribution in [0.15, 0.2) is 0 Å². The lowest BCUT2D eigenvalue weighted by Crippen LogP contribution is -2.31. The van der Waals surface area contributed by atoms with Crippen LogP contribution in [0, 0.1) is 0 Å². The Hall–Kier alpha value is -0.810. The summed E-state index contributed by atoms with van der Waals surface area (Å²) >= 11 is 0. The Bertz CT molecular complexity index is 205. The van der Waals surface area contributed by atoms with Crippen molar-refractivity contribution in [1.29, 1.82) is 0 Å². The van der Waals surface area contributed by atoms with Crippen molar-refractivity contribution in [3.05, 3.63) is 0 Å². The maximum absolute atomic E-state index is 9.82. The van der Waals surface area contributed by atoms with Crippen molar-refractivity contribution in [3.8, 4) is 0 Å². The van der Waals surface area contributed by atoms with Gasteiger partial charge >= 0.3 is 6.09 Å². The smallest absolute Gasteiger partial charge is 0.404 e. The highest BCUT2D eigenvalue weighted by Gasteiger charge is 2.19. The quantitative estimate of drug-likeness (QED) is 0.680. The van der Waals surface area contributed by atoms with Crippen molar-refractivity contribution in [2.45, 2.75) is 65.6 Å². The number of hydrogen-bond donors (Lipinski definition) is 3. The molecule has 0 atom stereocenters. The first kappa shape index (κ1) is 19.5. The van der Waals surface area contributed by atoms with E-state index in [4.69, 9.17) is 15.6 Å². The molecule has 0 saturated carbocycles. The van der Waals surface area contributed by atoms with Crippen molar-refractivity contribution in [3.63, 3.8) is 0 Å². The van der Waals surface area contributed by atoms with Crippen LogP contribution in [0.1, 0.15) is 54.4 Å². The summed E-state index contributed by atoms with van der Waals surface area (Å²) in [4.78, 5) is 9.82. The molecule has 0 unspecified atom stereocenters. The van der Waals surface area contributed by atoms with Crippen LogP contribution in [0.4, 0.5) is 4.79 Å². The van der Waals surface area contributed by atoms with Gasteiger partial charge < -0.3 is 20.9 Å². The molecule has 0 spiro atoms. The Morgan fingerprint density at radius 3 is 1.78 bits per heavy atom. The molecule has 0 saturated heterocycles. The predicted molar refractivity (Wildman–Crippen MR) is 74.9 cm³/mol. The number of carbonyl (C=O) groups is 1. The number of ether oxygens (including phenoxy) is 1. The third-order valence-electron chi connectivity index (χ3n) is 1.52. The predicted octanol–water partition coefficient (Wildman–Crippen LogP) is 2.59. The molecule has 0 fully saturated rings. The number of amides is 1. The first-order valence-electron chi connectivity index (χ1n) is 6.35. The number of nitrogens with two attached hydrogens (primary N) is 1. The van der Waals surface area contributed by atoms with Crippen LogP contribution in [0.3, 0.4) is 0 Å². The molecule has 1 amide bonds. The summed E-state index contributed by atoms with van der Waals surface area (Å²) in [5.41, 5.74) is 5.14. The maximum atomic E-state index is 9.82. The third-order valence-corrected chi connectivity index (χ3v) is 1.52. The van der Waals surface area contributed by atoms with E-state index >= 15 is 0 Å². The minimum Gasteiger partial charge on any atom is -0.465 e. The van der Waals surface area contributed by atoms with Gasteiger partial charge in [-0.25, -0.2) is 4.79 Å². The zero-order valence-electron chi connectivity index (χ0n) is 12.7. The Kier molecular flexibility index (Phi) is 9.94. The number of unbranched alkanes of at least 4 members (excludes halogenated alkanes) is 1. The van der Waals surface area contributed by atoms with Crippen molar-refractivity contribution in [1.82, 2.24) is 5.32 Å². The van der Waals surface area contributed by atoms with E-state index in [1.165, 1.54) is 0 Å². The number of rotatable bonds is 4. The molecule has 0 aliphatic carbocycles. The van der Waals surface area contributed by atoms with Gasteiger partial charge in [0.25, 0.3) is 0 Å². The van der Waals surface area contributed by atoms with E-state index in [9.17, 15) is 4.79 Å². The van der Waals surface area contributed by atoms with E-state index in [-0.39, 0.29) is 11.2 Å². The van der Waals surface area contributed by atoms with Gasteiger partial charge in [-0.3, -0.25) is 0 Å². The van der Waals surface area contributed by atoms with E-state index in [1.807, 2.05) is 0 Å². The van der Waals surface area contributed by atoms with Crippen molar-refractivity contribution in [2.75, 3.05) is 13.1 Å². The molecule has 4 N–H and O–H groups in total. The summed E-state index contributed by atoms with van der Waals surface area (Å²) in [7, 11) is 0. The van der Waals surface area contributed by atoms with Gasteiger partial charge in [-0.05, 0) is 60.9 Å². The topological polar surface area (TPSA) is 84.6 Å². The van der Waals surface area contributed by atoms with Crippen LogP contribution >= 0.6 is 0 Å². The molecule has 5 nitrogen and oxygen atoms in total. The Morgan fingerprint density at radius 2 is 1.56 bits per heavy atom. The summed E-state index contributed by atoms with van der Waals surface area (Å²) < 4.78 is 5.62. The Labute approximate surface area is 111 Å². The molecule has 5 heteroatoms. The van der Waals surface area contributed by atoms with Gasteiger partial charge in [-0.1, -0.05) is 0 Å². The normalized spacial score (nSPS) is 11.5. The van der Waals surface area contributed by atoms with Gasteiger partial charge in [0, 0.05) is 6.54 Å².